The molecule has 0 radical (unpaired) electrons. The third-order valence-electron chi connectivity index (χ3n) is 3.80. The van der Waals surface area contributed by atoms with E-state index in [1.807, 2.05) is 49.4 Å². The number of tetrazole rings is 1. The highest BCUT2D eigenvalue weighted by Crippen LogP contribution is 2.16. The summed E-state index contributed by atoms with van der Waals surface area (Å²) in [6.07, 6.45) is 5.42. The summed E-state index contributed by atoms with van der Waals surface area (Å²) in [6.45, 7) is 1.92. The Morgan fingerprint density at radius 1 is 1.21 bits per heavy atom. The number of nitrogens with zero attached hydrogens (tertiary/aromatic N) is 5. The number of carbonyl (C=O) groups excluding carboxylic acids is 1. The van der Waals surface area contributed by atoms with Crippen LogP contribution in [0.15, 0.2) is 61.2 Å². The predicted molar refractivity (Wildman–Crippen MR) is 87.8 cm³/mol. The van der Waals surface area contributed by atoms with Crippen molar-refractivity contribution in [3.63, 3.8) is 0 Å². The van der Waals surface area contributed by atoms with Gasteiger partial charge >= 0.3 is 0 Å². The first-order chi connectivity index (χ1) is 11.7. The van der Waals surface area contributed by atoms with E-state index in [1.54, 1.807) is 12.4 Å². The van der Waals surface area contributed by atoms with Gasteiger partial charge in [-0.1, -0.05) is 36.4 Å². The second kappa shape index (κ2) is 7.45. The molecule has 3 aromatic rings. The molecular formula is C17H18N6O. The fourth-order valence-corrected chi connectivity index (χ4v) is 2.48. The zero-order chi connectivity index (χ0) is 16.8. The normalized spacial score (nSPS) is 13.2. The molecule has 2 unspecified atom stereocenters. The number of benzene rings is 1. The quantitative estimate of drug-likeness (QED) is 0.747. The Kier molecular flexibility index (Phi) is 4.90. The van der Waals surface area contributed by atoms with Crippen LogP contribution in [0.5, 0.6) is 0 Å². The molecule has 3 rings (SSSR count). The van der Waals surface area contributed by atoms with Crippen molar-refractivity contribution in [3.8, 4) is 0 Å². The Morgan fingerprint density at radius 2 is 2.04 bits per heavy atom. The average Bonchev–Trinajstić information content (AvgIpc) is 3.15. The van der Waals surface area contributed by atoms with Gasteiger partial charge in [0.25, 0.3) is 0 Å². The molecule has 7 nitrogen and oxygen atoms in total. The topological polar surface area (TPSA) is 85.6 Å². The van der Waals surface area contributed by atoms with Crippen molar-refractivity contribution in [1.29, 1.82) is 0 Å². The molecule has 1 amide bonds. The molecular weight excluding hydrogens is 304 g/mol. The van der Waals surface area contributed by atoms with Gasteiger partial charge < -0.3 is 5.32 Å². The summed E-state index contributed by atoms with van der Waals surface area (Å²) in [7, 11) is 0. The molecule has 0 fully saturated rings. The summed E-state index contributed by atoms with van der Waals surface area (Å²) >= 11 is 0. The molecule has 24 heavy (non-hydrogen) atoms. The SMILES string of the molecule is CC(NC(=O)C(Cc1ccccc1)n1cnnn1)c1cccnc1. The number of rotatable bonds is 6. The summed E-state index contributed by atoms with van der Waals surface area (Å²) < 4.78 is 1.48. The van der Waals surface area contributed by atoms with Gasteiger partial charge in [-0.3, -0.25) is 9.78 Å². The standard InChI is InChI=1S/C17H18N6O/c1-13(15-8-5-9-18-11-15)20-17(24)16(23-12-19-21-22-23)10-14-6-3-2-4-7-14/h2-9,11-13,16H,10H2,1H3,(H,20,24). The number of aromatic nitrogens is 5. The Labute approximate surface area is 139 Å². The van der Waals surface area contributed by atoms with Gasteiger partial charge in [0.2, 0.25) is 5.91 Å². The van der Waals surface area contributed by atoms with Crippen molar-refractivity contribution >= 4 is 5.91 Å². The largest absolute Gasteiger partial charge is 0.348 e. The monoisotopic (exact) mass is 322 g/mol. The van der Waals surface area contributed by atoms with Crippen molar-refractivity contribution in [1.82, 2.24) is 30.5 Å². The van der Waals surface area contributed by atoms with E-state index in [9.17, 15) is 4.79 Å². The van der Waals surface area contributed by atoms with Crippen LogP contribution in [0.2, 0.25) is 0 Å². The number of pyridine rings is 1. The first-order valence-electron chi connectivity index (χ1n) is 7.70. The maximum Gasteiger partial charge on any atom is 0.245 e. The molecule has 0 aliphatic carbocycles. The van der Waals surface area contributed by atoms with Crippen LogP contribution in [0.4, 0.5) is 0 Å². The van der Waals surface area contributed by atoms with Crippen LogP contribution in [0, 0.1) is 0 Å². The van der Waals surface area contributed by atoms with Gasteiger partial charge in [0.1, 0.15) is 12.4 Å². The maximum absolute atomic E-state index is 12.8. The van der Waals surface area contributed by atoms with E-state index in [0.717, 1.165) is 11.1 Å². The third kappa shape index (κ3) is 3.81. The van der Waals surface area contributed by atoms with Crippen molar-refractivity contribution in [2.24, 2.45) is 0 Å². The second-order valence-corrected chi connectivity index (χ2v) is 5.51. The summed E-state index contributed by atoms with van der Waals surface area (Å²) in [5.41, 5.74) is 1.99. The van der Waals surface area contributed by atoms with Crippen LogP contribution >= 0.6 is 0 Å². The van der Waals surface area contributed by atoms with Gasteiger partial charge in [-0.2, -0.15) is 0 Å². The van der Waals surface area contributed by atoms with Crippen molar-refractivity contribution in [2.45, 2.75) is 25.4 Å². The van der Waals surface area contributed by atoms with Crippen LogP contribution < -0.4 is 5.32 Å². The van der Waals surface area contributed by atoms with Crippen LogP contribution in [0.3, 0.4) is 0 Å². The molecule has 1 aromatic carbocycles. The minimum Gasteiger partial charge on any atom is -0.348 e. The summed E-state index contributed by atoms with van der Waals surface area (Å²) in [4.78, 5) is 16.9. The molecule has 0 saturated carbocycles. The van der Waals surface area contributed by atoms with Gasteiger partial charge in [0.15, 0.2) is 0 Å². The van der Waals surface area contributed by atoms with E-state index >= 15 is 0 Å². The van der Waals surface area contributed by atoms with Crippen LogP contribution in [-0.4, -0.2) is 31.1 Å². The lowest BCUT2D eigenvalue weighted by atomic mass is 10.0. The first kappa shape index (κ1) is 15.8. The Balaban J connectivity index is 1.76. The van der Waals surface area contributed by atoms with E-state index < -0.39 is 6.04 Å². The van der Waals surface area contributed by atoms with E-state index in [0.29, 0.717) is 6.42 Å². The molecule has 2 heterocycles. The number of amides is 1. The lowest BCUT2D eigenvalue weighted by molar-refractivity contribution is -0.125. The van der Waals surface area contributed by atoms with Gasteiger partial charge in [-0.15, -0.1) is 5.10 Å². The highest BCUT2D eigenvalue weighted by Gasteiger charge is 2.24. The molecule has 0 bridgehead atoms. The highest BCUT2D eigenvalue weighted by molar-refractivity contribution is 5.80. The number of nitrogens with one attached hydrogen (secondary N) is 1. The molecule has 2 atom stereocenters. The van der Waals surface area contributed by atoms with Crippen LogP contribution in [-0.2, 0) is 11.2 Å². The minimum atomic E-state index is -0.512. The van der Waals surface area contributed by atoms with E-state index in [-0.39, 0.29) is 11.9 Å². The smallest absolute Gasteiger partial charge is 0.245 e. The molecule has 7 heteroatoms. The molecule has 122 valence electrons. The van der Waals surface area contributed by atoms with Gasteiger partial charge in [0, 0.05) is 18.8 Å². The zero-order valence-electron chi connectivity index (χ0n) is 13.3. The molecule has 0 aliphatic rings. The number of hydrogen-bond acceptors (Lipinski definition) is 5. The minimum absolute atomic E-state index is 0.137. The van der Waals surface area contributed by atoms with Crippen LogP contribution in [0.1, 0.15) is 30.1 Å². The Bertz CT molecular complexity index is 760. The fourth-order valence-electron chi connectivity index (χ4n) is 2.48. The number of carbonyl (C=O) groups is 1. The molecule has 1 N–H and O–H groups in total. The summed E-state index contributed by atoms with van der Waals surface area (Å²) in [6, 6.07) is 12.9. The van der Waals surface area contributed by atoms with Crippen molar-refractivity contribution < 1.29 is 4.79 Å². The number of hydrogen-bond donors (Lipinski definition) is 1. The van der Waals surface area contributed by atoms with Crippen molar-refractivity contribution in [3.05, 3.63) is 72.3 Å². The Morgan fingerprint density at radius 3 is 2.71 bits per heavy atom. The van der Waals surface area contributed by atoms with E-state index in [4.69, 9.17) is 0 Å². The van der Waals surface area contributed by atoms with Crippen LogP contribution in [0.25, 0.3) is 0 Å². The lowest BCUT2D eigenvalue weighted by Crippen LogP contribution is -2.35. The molecule has 0 spiro atoms. The van der Waals surface area contributed by atoms with Gasteiger partial charge in [-0.25, -0.2) is 4.68 Å². The van der Waals surface area contributed by atoms with E-state index in [1.165, 1.54) is 11.0 Å². The predicted octanol–water partition coefficient (Wildman–Crippen LogP) is 1.73. The molecule has 0 aliphatic heterocycles. The zero-order valence-corrected chi connectivity index (χ0v) is 13.3. The molecule has 2 aromatic heterocycles. The first-order valence-corrected chi connectivity index (χ1v) is 7.70. The van der Waals surface area contributed by atoms with Gasteiger partial charge in [-0.05, 0) is 34.5 Å². The van der Waals surface area contributed by atoms with Crippen molar-refractivity contribution in [2.75, 3.05) is 0 Å². The second-order valence-electron chi connectivity index (χ2n) is 5.51. The maximum atomic E-state index is 12.8. The highest BCUT2D eigenvalue weighted by atomic mass is 16.2. The average molecular weight is 322 g/mol. The van der Waals surface area contributed by atoms with E-state index in [2.05, 4.69) is 25.8 Å². The van der Waals surface area contributed by atoms with Gasteiger partial charge in [0.05, 0.1) is 6.04 Å². The summed E-state index contributed by atoms with van der Waals surface area (Å²) in [5, 5.41) is 14.2. The lowest BCUT2D eigenvalue weighted by Gasteiger charge is -2.20. The molecule has 0 saturated heterocycles. The Hall–Kier alpha value is -3.09. The summed E-state index contributed by atoms with van der Waals surface area (Å²) in [5.74, 6) is -0.137. The fraction of sp³-hybridized carbons (Fsp3) is 0.235. The third-order valence-corrected chi connectivity index (χ3v) is 3.80.